The Labute approximate surface area is 189 Å². The molecule has 2 aliphatic rings. The molecule has 0 spiro atoms. The Kier molecular flexibility index (Phi) is 6.98. The summed E-state index contributed by atoms with van der Waals surface area (Å²) in [6.07, 6.45) is 4.10. The number of methoxy groups -OCH3 is 1. The molecule has 170 valence electrons. The Morgan fingerprint density at radius 2 is 2.12 bits per heavy atom. The first-order chi connectivity index (χ1) is 15.5. The number of aliphatic hydroxyl groups is 3. The van der Waals surface area contributed by atoms with Crippen LogP contribution in [-0.2, 0) is 11.2 Å². The Morgan fingerprint density at radius 1 is 1.28 bits per heavy atom. The maximum atomic E-state index is 10.5. The first-order valence-corrected chi connectivity index (χ1v) is 11.3. The zero-order valence-electron chi connectivity index (χ0n) is 17.7. The van der Waals surface area contributed by atoms with Crippen molar-refractivity contribution in [2.75, 3.05) is 37.5 Å². The molecule has 2 aliphatic carbocycles. The van der Waals surface area contributed by atoms with Crippen molar-refractivity contribution in [2.45, 2.75) is 37.5 Å². The van der Waals surface area contributed by atoms with Crippen molar-refractivity contribution in [3.05, 3.63) is 22.3 Å². The zero-order valence-corrected chi connectivity index (χ0v) is 18.5. The van der Waals surface area contributed by atoms with Crippen molar-refractivity contribution < 1.29 is 20.1 Å². The van der Waals surface area contributed by atoms with Gasteiger partial charge in [0.15, 0.2) is 5.69 Å². The van der Waals surface area contributed by atoms with E-state index >= 15 is 0 Å². The molecule has 4 atom stereocenters. The maximum Gasteiger partial charge on any atom is 0.226 e. The highest BCUT2D eigenvalue weighted by molar-refractivity contribution is 7.15. The number of ether oxygens (including phenoxy) is 1. The topological polar surface area (TPSA) is 156 Å². The lowest BCUT2D eigenvalue weighted by molar-refractivity contribution is 0.00446. The van der Waals surface area contributed by atoms with Crippen LogP contribution in [0, 0.1) is 17.2 Å². The average molecular weight is 459 g/mol. The van der Waals surface area contributed by atoms with Crippen molar-refractivity contribution in [2.24, 2.45) is 5.92 Å². The number of hydrogen-bond donors (Lipinski definition) is 5. The number of anilines is 2. The predicted octanol–water partition coefficient (Wildman–Crippen LogP) is 1.00. The van der Waals surface area contributed by atoms with E-state index in [-0.39, 0.29) is 18.2 Å². The predicted molar refractivity (Wildman–Crippen MR) is 120 cm³/mol. The maximum absolute atomic E-state index is 10.5. The summed E-state index contributed by atoms with van der Waals surface area (Å²) in [6.45, 7) is 0.659. The van der Waals surface area contributed by atoms with Gasteiger partial charge in [0.05, 0.1) is 30.0 Å². The molecule has 0 aliphatic heterocycles. The Hall–Kier alpha value is -2.62. The fourth-order valence-corrected chi connectivity index (χ4v) is 5.12. The SMILES string of the molecule is COCCNc1nc(C#N)c(-c2nc3c(s2)CCC=C3)c(N[C@@H]2C[C@H](CO)[C@@H](O)[C@H]2O)n1. The standard InChI is InChI=1S/C21H26N6O4S/c1-31-7-6-23-21-26-14(9-22)16(20-25-12-4-2-3-5-15(12)32-20)19(27-21)24-13-8-11(10-28)17(29)18(13)30/h2,4,11,13,17-18,28-30H,3,5-8,10H2,1H3,(H2,23,24,26,27)/t11-,13-,17-,18+/m1/s1. The Bertz CT molecular complexity index is 1040. The number of nitrogens with zero attached hydrogens (tertiary/aromatic N) is 4. The molecule has 2 aromatic heterocycles. The van der Waals surface area contributed by atoms with Crippen molar-refractivity contribution in [1.29, 1.82) is 5.26 Å². The van der Waals surface area contributed by atoms with Crippen molar-refractivity contribution in [1.82, 2.24) is 15.0 Å². The summed E-state index contributed by atoms with van der Waals surface area (Å²) in [6, 6.07) is 1.59. The second-order valence-corrected chi connectivity index (χ2v) is 8.91. The van der Waals surface area contributed by atoms with E-state index in [0.717, 1.165) is 23.4 Å². The third kappa shape index (κ3) is 4.46. The number of hydrogen-bond acceptors (Lipinski definition) is 11. The third-order valence-corrected chi connectivity index (χ3v) is 6.87. The van der Waals surface area contributed by atoms with Gasteiger partial charge < -0.3 is 30.7 Å². The van der Waals surface area contributed by atoms with Gasteiger partial charge in [0.2, 0.25) is 5.95 Å². The summed E-state index contributed by atoms with van der Waals surface area (Å²) in [5.41, 5.74) is 1.50. The van der Waals surface area contributed by atoms with Crippen LogP contribution in [0.3, 0.4) is 0 Å². The number of aliphatic hydroxyl groups excluding tert-OH is 3. The van der Waals surface area contributed by atoms with Crippen LogP contribution >= 0.6 is 11.3 Å². The normalized spacial score (nSPS) is 24.2. The van der Waals surface area contributed by atoms with Gasteiger partial charge in [-0.2, -0.15) is 10.2 Å². The quantitative estimate of drug-likeness (QED) is 0.362. The first-order valence-electron chi connectivity index (χ1n) is 10.5. The minimum absolute atomic E-state index is 0.157. The molecule has 10 nitrogen and oxygen atoms in total. The van der Waals surface area contributed by atoms with Crippen LogP contribution < -0.4 is 10.6 Å². The average Bonchev–Trinajstić information content (AvgIpc) is 3.35. The molecule has 0 saturated heterocycles. The lowest BCUT2D eigenvalue weighted by atomic mass is 10.1. The molecule has 2 heterocycles. The van der Waals surface area contributed by atoms with Gasteiger partial charge in [0.1, 0.15) is 23.0 Å². The number of thiazole rings is 1. The molecule has 0 amide bonds. The molecule has 2 aromatic rings. The van der Waals surface area contributed by atoms with Crippen molar-refractivity contribution in [3.8, 4) is 16.6 Å². The van der Waals surface area contributed by atoms with Gasteiger partial charge in [-0.05, 0) is 25.3 Å². The van der Waals surface area contributed by atoms with Gasteiger partial charge in [0, 0.05) is 31.1 Å². The van der Waals surface area contributed by atoms with E-state index in [1.807, 2.05) is 6.08 Å². The van der Waals surface area contributed by atoms with Crippen LogP contribution in [0.4, 0.5) is 11.8 Å². The van der Waals surface area contributed by atoms with Crippen LogP contribution in [-0.4, -0.2) is 75.4 Å². The van der Waals surface area contributed by atoms with Gasteiger partial charge in [-0.1, -0.05) is 6.08 Å². The van der Waals surface area contributed by atoms with Crippen LogP contribution in [0.25, 0.3) is 16.6 Å². The molecular weight excluding hydrogens is 432 g/mol. The summed E-state index contributed by atoms with van der Waals surface area (Å²) in [7, 11) is 1.59. The Balaban J connectivity index is 1.74. The zero-order chi connectivity index (χ0) is 22.7. The lowest BCUT2D eigenvalue weighted by Gasteiger charge is -2.21. The minimum atomic E-state index is -1.09. The minimum Gasteiger partial charge on any atom is -0.396 e. The van der Waals surface area contributed by atoms with E-state index < -0.39 is 24.2 Å². The molecule has 0 bridgehead atoms. The summed E-state index contributed by atoms with van der Waals surface area (Å²) < 4.78 is 5.05. The molecule has 0 radical (unpaired) electrons. The molecule has 5 N–H and O–H groups in total. The number of nitrogens with one attached hydrogen (secondary N) is 2. The van der Waals surface area contributed by atoms with Crippen LogP contribution in [0.1, 0.15) is 29.1 Å². The molecule has 0 unspecified atom stereocenters. The first kappa shape index (κ1) is 22.6. The second-order valence-electron chi connectivity index (χ2n) is 7.83. The number of aromatic nitrogens is 3. The Morgan fingerprint density at radius 3 is 2.81 bits per heavy atom. The molecule has 11 heteroatoms. The van der Waals surface area contributed by atoms with E-state index in [9.17, 15) is 20.6 Å². The van der Waals surface area contributed by atoms with Crippen LogP contribution in [0.15, 0.2) is 6.08 Å². The summed E-state index contributed by atoms with van der Waals surface area (Å²) in [5.74, 6) is 0.152. The van der Waals surface area contributed by atoms with Crippen molar-refractivity contribution >= 4 is 29.2 Å². The number of fused-ring (bicyclic) bond motifs is 1. The fraction of sp³-hybridized carbons (Fsp3) is 0.524. The monoisotopic (exact) mass is 458 g/mol. The third-order valence-electron chi connectivity index (χ3n) is 5.72. The summed E-state index contributed by atoms with van der Waals surface area (Å²) in [4.78, 5) is 14.8. The summed E-state index contributed by atoms with van der Waals surface area (Å²) in [5, 5.41) is 46.9. The number of aryl methyl sites for hydroxylation is 1. The van der Waals surface area contributed by atoms with E-state index in [1.165, 1.54) is 11.3 Å². The molecule has 32 heavy (non-hydrogen) atoms. The van der Waals surface area contributed by atoms with Gasteiger partial charge in [-0.3, -0.25) is 0 Å². The highest BCUT2D eigenvalue weighted by atomic mass is 32.1. The van der Waals surface area contributed by atoms with E-state index in [1.54, 1.807) is 7.11 Å². The largest absolute Gasteiger partial charge is 0.396 e. The molecule has 0 aromatic carbocycles. The van der Waals surface area contributed by atoms with Gasteiger partial charge in [-0.25, -0.2) is 9.97 Å². The van der Waals surface area contributed by atoms with Crippen LogP contribution in [0.5, 0.6) is 0 Å². The second kappa shape index (κ2) is 9.89. The van der Waals surface area contributed by atoms with Gasteiger partial charge in [-0.15, -0.1) is 11.3 Å². The van der Waals surface area contributed by atoms with Gasteiger partial charge in [0.25, 0.3) is 0 Å². The lowest BCUT2D eigenvalue weighted by Crippen LogP contribution is -2.35. The molecular formula is C21H26N6O4S. The molecule has 1 saturated carbocycles. The highest BCUT2D eigenvalue weighted by Gasteiger charge is 2.41. The smallest absolute Gasteiger partial charge is 0.226 e. The van der Waals surface area contributed by atoms with E-state index in [0.29, 0.717) is 36.0 Å². The fourth-order valence-electron chi connectivity index (χ4n) is 4.01. The molecule has 1 fully saturated rings. The number of rotatable bonds is 8. The van der Waals surface area contributed by atoms with Gasteiger partial charge >= 0.3 is 0 Å². The van der Waals surface area contributed by atoms with E-state index in [4.69, 9.17) is 9.72 Å². The molecule has 4 rings (SSSR count). The van der Waals surface area contributed by atoms with E-state index in [2.05, 4.69) is 32.7 Å². The van der Waals surface area contributed by atoms with Crippen LogP contribution in [0.2, 0.25) is 0 Å². The van der Waals surface area contributed by atoms with Crippen molar-refractivity contribution in [3.63, 3.8) is 0 Å². The number of allylic oxidation sites excluding steroid dienone is 1. The summed E-state index contributed by atoms with van der Waals surface area (Å²) >= 11 is 1.50. The number of nitriles is 1. The highest BCUT2D eigenvalue weighted by Crippen LogP contribution is 2.38.